The van der Waals surface area contributed by atoms with E-state index in [-0.39, 0.29) is 11.9 Å². The average Bonchev–Trinajstić information content (AvgIpc) is 2.71. The van der Waals surface area contributed by atoms with E-state index in [9.17, 15) is 4.39 Å². The topological polar surface area (TPSA) is 64.9 Å². The van der Waals surface area contributed by atoms with E-state index in [0.717, 1.165) is 5.56 Å². The van der Waals surface area contributed by atoms with Gasteiger partial charge in [-0.15, -0.1) is 0 Å². The van der Waals surface area contributed by atoms with Crippen molar-refractivity contribution in [3.63, 3.8) is 0 Å². The molecule has 0 saturated heterocycles. The standard InChI is InChI=1S/C11H12FN3O/c1-6-5-8(3-4-9(6)12)10-14-11(7(2)13)16-15-10/h3-5,7H,13H2,1-2H3/t7-/m1/s1. The summed E-state index contributed by atoms with van der Waals surface area (Å²) >= 11 is 0. The summed E-state index contributed by atoms with van der Waals surface area (Å²) in [5, 5.41) is 3.79. The van der Waals surface area contributed by atoms with E-state index in [0.29, 0.717) is 17.3 Å². The molecule has 1 aromatic carbocycles. The van der Waals surface area contributed by atoms with E-state index >= 15 is 0 Å². The lowest BCUT2D eigenvalue weighted by Crippen LogP contribution is -2.04. The van der Waals surface area contributed by atoms with E-state index in [1.165, 1.54) is 6.07 Å². The molecule has 0 amide bonds. The first kappa shape index (κ1) is 10.8. The van der Waals surface area contributed by atoms with Gasteiger partial charge in [-0.2, -0.15) is 4.98 Å². The molecule has 0 radical (unpaired) electrons. The summed E-state index contributed by atoms with van der Waals surface area (Å²) < 4.78 is 18.0. The lowest BCUT2D eigenvalue weighted by molar-refractivity contribution is 0.362. The smallest absolute Gasteiger partial charge is 0.243 e. The number of benzene rings is 1. The van der Waals surface area contributed by atoms with Gasteiger partial charge in [0.05, 0.1) is 6.04 Å². The lowest BCUT2D eigenvalue weighted by atomic mass is 10.1. The fourth-order valence-electron chi connectivity index (χ4n) is 1.32. The third kappa shape index (κ3) is 1.94. The highest BCUT2D eigenvalue weighted by Gasteiger charge is 2.12. The van der Waals surface area contributed by atoms with Gasteiger partial charge in [0.25, 0.3) is 0 Å². The minimum atomic E-state index is -0.303. The minimum Gasteiger partial charge on any atom is -0.337 e. The molecule has 0 saturated carbocycles. The van der Waals surface area contributed by atoms with Gasteiger partial charge in [-0.05, 0) is 37.6 Å². The summed E-state index contributed by atoms with van der Waals surface area (Å²) in [4.78, 5) is 4.13. The molecule has 0 fully saturated rings. The summed E-state index contributed by atoms with van der Waals surface area (Å²) in [7, 11) is 0. The third-order valence-electron chi connectivity index (χ3n) is 2.25. The monoisotopic (exact) mass is 221 g/mol. The van der Waals surface area contributed by atoms with Crippen molar-refractivity contribution in [2.45, 2.75) is 19.9 Å². The molecule has 2 N–H and O–H groups in total. The van der Waals surface area contributed by atoms with Crippen molar-refractivity contribution < 1.29 is 8.91 Å². The van der Waals surface area contributed by atoms with Crippen LogP contribution < -0.4 is 5.73 Å². The zero-order valence-electron chi connectivity index (χ0n) is 9.07. The van der Waals surface area contributed by atoms with Crippen LogP contribution in [0.3, 0.4) is 0 Å². The van der Waals surface area contributed by atoms with E-state index in [4.69, 9.17) is 10.3 Å². The number of aromatic nitrogens is 2. The molecule has 5 heteroatoms. The Morgan fingerprint density at radius 1 is 1.44 bits per heavy atom. The zero-order chi connectivity index (χ0) is 11.7. The number of nitrogens with zero attached hydrogens (tertiary/aromatic N) is 2. The highest BCUT2D eigenvalue weighted by molar-refractivity contribution is 5.55. The summed E-state index contributed by atoms with van der Waals surface area (Å²) in [5.74, 6) is 0.548. The minimum absolute atomic E-state index is 0.250. The second kappa shape index (κ2) is 4.02. The van der Waals surface area contributed by atoms with E-state index in [1.807, 2.05) is 0 Å². The van der Waals surface area contributed by atoms with Gasteiger partial charge in [0, 0.05) is 5.56 Å². The molecule has 0 bridgehead atoms. The van der Waals surface area contributed by atoms with Gasteiger partial charge >= 0.3 is 0 Å². The maximum atomic E-state index is 13.1. The Bertz CT molecular complexity index is 508. The Morgan fingerprint density at radius 3 is 2.75 bits per heavy atom. The molecule has 2 rings (SSSR count). The Labute approximate surface area is 92.3 Å². The van der Waals surface area contributed by atoms with Gasteiger partial charge in [0.2, 0.25) is 11.7 Å². The number of halogens is 1. The van der Waals surface area contributed by atoms with Gasteiger partial charge in [-0.3, -0.25) is 0 Å². The highest BCUT2D eigenvalue weighted by Crippen LogP contribution is 2.20. The predicted molar refractivity (Wildman–Crippen MR) is 57.0 cm³/mol. The van der Waals surface area contributed by atoms with Crippen molar-refractivity contribution >= 4 is 0 Å². The molecule has 4 nitrogen and oxygen atoms in total. The summed E-state index contributed by atoms with van der Waals surface area (Å²) in [6.45, 7) is 3.44. The number of rotatable bonds is 2. The quantitative estimate of drug-likeness (QED) is 0.844. The first-order valence-electron chi connectivity index (χ1n) is 4.93. The van der Waals surface area contributed by atoms with Gasteiger partial charge < -0.3 is 10.3 Å². The second-order valence-electron chi connectivity index (χ2n) is 3.71. The molecule has 84 valence electrons. The molecule has 0 unspecified atom stereocenters. The number of aryl methyl sites for hydroxylation is 1. The molecular weight excluding hydrogens is 209 g/mol. The van der Waals surface area contributed by atoms with E-state index in [1.54, 1.807) is 26.0 Å². The van der Waals surface area contributed by atoms with Gasteiger partial charge in [-0.25, -0.2) is 4.39 Å². The van der Waals surface area contributed by atoms with Crippen LogP contribution in [0.25, 0.3) is 11.4 Å². The molecule has 0 aliphatic rings. The first-order valence-corrected chi connectivity index (χ1v) is 4.93. The highest BCUT2D eigenvalue weighted by atomic mass is 19.1. The Kier molecular flexibility index (Phi) is 2.70. The van der Waals surface area contributed by atoms with Crippen LogP contribution in [0.15, 0.2) is 22.7 Å². The lowest BCUT2D eigenvalue weighted by Gasteiger charge is -1.98. The molecule has 1 atom stereocenters. The summed E-state index contributed by atoms with van der Waals surface area (Å²) in [5.41, 5.74) is 6.87. The van der Waals surface area contributed by atoms with Gasteiger partial charge in [0.1, 0.15) is 5.82 Å². The molecule has 0 aliphatic heterocycles. The molecule has 1 aromatic heterocycles. The van der Waals surface area contributed by atoms with E-state index < -0.39 is 0 Å². The molecule has 1 heterocycles. The Morgan fingerprint density at radius 2 is 2.19 bits per heavy atom. The number of hydrogen-bond donors (Lipinski definition) is 1. The fourth-order valence-corrected chi connectivity index (χ4v) is 1.32. The SMILES string of the molecule is Cc1cc(-c2noc([C@@H](C)N)n2)ccc1F. The van der Waals surface area contributed by atoms with Crippen LogP contribution in [0.1, 0.15) is 24.4 Å². The molecule has 2 aromatic rings. The van der Waals surface area contributed by atoms with E-state index in [2.05, 4.69) is 10.1 Å². The van der Waals surface area contributed by atoms with Crippen molar-refractivity contribution in [2.24, 2.45) is 5.73 Å². The van der Waals surface area contributed by atoms with Crippen LogP contribution in [0, 0.1) is 12.7 Å². The van der Waals surface area contributed by atoms with Gasteiger partial charge in [-0.1, -0.05) is 5.16 Å². The fraction of sp³-hybridized carbons (Fsp3) is 0.273. The van der Waals surface area contributed by atoms with Crippen LogP contribution in [-0.4, -0.2) is 10.1 Å². The maximum Gasteiger partial charge on any atom is 0.243 e. The number of hydrogen-bond acceptors (Lipinski definition) is 4. The largest absolute Gasteiger partial charge is 0.337 e. The predicted octanol–water partition coefficient (Wildman–Crippen LogP) is 2.20. The Hall–Kier alpha value is -1.75. The molecule has 0 aliphatic carbocycles. The van der Waals surface area contributed by atoms with Crippen LogP contribution in [0.2, 0.25) is 0 Å². The van der Waals surface area contributed by atoms with Crippen molar-refractivity contribution in [2.75, 3.05) is 0 Å². The van der Waals surface area contributed by atoms with Crippen molar-refractivity contribution in [1.82, 2.24) is 10.1 Å². The average molecular weight is 221 g/mol. The van der Waals surface area contributed by atoms with Crippen LogP contribution >= 0.6 is 0 Å². The summed E-state index contributed by atoms with van der Waals surface area (Å²) in [6.07, 6.45) is 0. The molecular formula is C11H12FN3O. The van der Waals surface area contributed by atoms with Crippen LogP contribution in [-0.2, 0) is 0 Å². The maximum absolute atomic E-state index is 13.1. The van der Waals surface area contributed by atoms with Crippen LogP contribution in [0.5, 0.6) is 0 Å². The molecule has 16 heavy (non-hydrogen) atoms. The first-order chi connectivity index (χ1) is 7.58. The number of nitrogens with two attached hydrogens (primary N) is 1. The second-order valence-corrected chi connectivity index (χ2v) is 3.71. The van der Waals surface area contributed by atoms with Crippen LogP contribution in [0.4, 0.5) is 4.39 Å². The third-order valence-corrected chi connectivity index (χ3v) is 2.25. The zero-order valence-corrected chi connectivity index (χ0v) is 9.07. The Balaban J connectivity index is 2.39. The molecule has 0 spiro atoms. The van der Waals surface area contributed by atoms with Crippen molar-refractivity contribution in [3.8, 4) is 11.4 Å². The van der Waals surface area contributed by atoms with Gasteiger partial charge in [0.15, 0.2) is 0 Å². The normalized spacial score (nSPS) is 12.8. The summed E-state index contributed by atoms with van der Waals surface area (Å²) in [6, 6.07) is 4.36. The van der Waals surface area contributed by atoms with Crippen molar-refractivity contribution in [3.05, 3.63) is 35.5 Å². The van der Waals surface area contributed by atoms with Crippen molar-refractivity contribution in [1.29, 1.82) is 0 Å².